The summed E-state index contributed by atoms with van der Waals surface area (Å²) in [5.41, 5.74) is 6.98. The fraction of sp³-hybridized carbons (Fsp3) is 0.455. The van der Waals surface area contributed by atoms with Crippen LogP contribution in [0.3, 0.4) is 0 Å². The average molecular weight is 177 g/mol. The van der Waals surface area contributed by atoms with Gasteiger partial charge in [0.25, 0.3) is 0 Å². The number of furan rings is 1. The van der Waals surface area contributed by atoms with Gasteiger partial charge in [0.1, 0.15) is 5.76 Å². The average Bonchev–Trinajstić information content (AvgIpc) is 2.77. The van der Waals surface area contributed by atoms with Crippen LogP contribution in [0.2, 0.25) is 0 Å². The first kappa shape index (κ1) is 8.57. The fourth-order valence-electron chi connectivity index (χ4n) is 1.77. The summed E-state index contributed by atoms with van der Waals surface area (Å²) in [5.74, 6) is 2.36. The summed E-state index contributed by atoms with van der Waals surface area (Å²) in [6, 6.07) is 3.88. The maximum absolute atomic E-state index is 5.58. The van der Waals surface area contributed by atoms with Gasteiger partial charge < -0.3 is 10.2 Å². The normalized spacial score (nSPS) is 27.7. The van der Waals surface area contributed by atoms with Crippen molar-refractivity contribution in [3.05, 3.63) is 29.7 Å². The first-order valence-corrected chi connectivity index (χ1v) is 4.73. The molecule has 2 heteroatoms. The molecule has 0 radical (unpaired) electrons. The molecule has 2 atom stereocenters. The van der Waals surface area contributed by atoms with Crippen LogP contribution in [0.15, 0.2) is 28.4 Å². The van der Waals surface area contributed by atoms with Gasteiger partial charge in [-0.05, 0) is 49.9 Å². The van der Waals surface area contributed by atoms with Crippen molar-refractivity contribution >= 4 is 6.08 Å². The zero-order valence-corrected chi connectivity index (χ0v) is 7.86. The predicted molar refractivity (Wildman–Crippen MR) is 53.0 cm³/mol. The minimum atomic E-state index is 0.704. The van der Waals surface area contributed by atoms with Crippen LogP contribution in [-0.4, -0.2) is 6.54 Å². The van der Waals surface area contributed by atoms with Crippen molar-refractivity contribution in [1.29, 1.82) is 0 Å². The van der Waals surface area contributed by atoms with E-state index in [9.17, 15) is 0 Å². The van der Waals surface area contributed by atoms with Crippen molar-refractivity contribution in [1.82, 2.24) is 0 Å². The van der Waals surface area contributed by atoms with Gasteiger partial charge >= 0.3 is 0 Å². The lowest BCUT2D eigenvalue weighted by Gasteiger charge is -1.96. The van der Waals surface area contributed by atoms with Crippen molar-refractivity contribution in [2.75, 3.05) is 6.54 Å². The van der Waals surface area contributed by atoms with Crippen LogP contribution in [0.25, 0.3) is 6.08 Å². The molecule has 1 aliphatic carbocycles. The van der Waals surface area contributed by atoms with Crippen molar-refractivity contribution in [2.24, 2.45) is 17.6 Å². The highest BCUT2D eigenvalue weighted by Gasteiger charge is 2.36. The van der Waals surface area contributed by atoms with Gasteiger partial charge in [0.2, 0.25) is 0 Å². The Kier molecular flexibility index (Phi) is 2.23. The van der Waals surface area contributed by atoms with Crippen LogP contribution in [0.1, 0.15) is 19.1 Å². The molecule has 1 saturated carbocycles. The van der Waals surface area contributed by atoms with Gasteiger partial charge in [-0.2, -0.15) is 0 Å². The SMILES string of the molecule is C/C(=C\c1ccco1)[C@@H]1C[C@H]1CN. The van der Waals surface area contributed by atoms with E-state index in [-0.39, 0.29) is 0 Å². The van der Waals surface area contributed by atoms with Gasteiger partial charge in [-0.25, -0.2) is 0 Å². The van der Waals surface area contributed by atoms with E-state index in [0.29, 0.717) is 11.8 Å². The maximum atomic E-state index is 5.58. The summed E-state index contributed by atoms with van der Waals surface area (Å²) < 4.78 is 5.24. The molecule has 1 aliphatic rings. The molecule has 1 fully saturated rings. The number of hydrogen-bond acceptors (Lipinski definition) is 2. The van der Waals surface area contributed by atoms with Gasteiger partial charge in [0.15, 0.2) is 0 Å². The number of nitrogens with two attached hydrogens (primary N) is 1. The van der Waals surface area contributed by atoms with Crippen LogP contribution in [0, 0.1) is 11.8 Å². The monoisotopic (exact) mass is 177 g/mol. The first-order valence-electron chi connectivity index (χ1n) is 4.73. The maximum Gasteiger partial charge on any atom is 0.126 e. The van der Waals surface area contributed by atoms with Crippen LogP contribution in [-0.2, 0) is 0 Å². The third-order valence-electron chi connectivity index (χ3n) is 2.72. The third kappa shape index (κ3) is 1.83. The molecule has 1 heterocycles. The molecular formula is C11H15NO. The lowest BCUT2D eigenvalue weighted by molar-refractivity contribution is 0.556. The highest BCUT2D eigenvalue weighted by molar-refractivity contribution is 5.48. The Morgan fingerprint density at radius 1 is 1.77 bits per heavy atom. The molecular weight excluding hydrogens is 162 g/mol. The second-order valence-corrected chi connectivity index (χ2v) is 3.74. The Balaban J connectivity index is 2.02. The van der Waals surface area contributed by atoms with Crippen molar-refractivity contribution < 1.29 is 4.42 Å². The Bertz CT molecular complexity index is 300. The smallest absolute Gasteiger partial charge is 0.126 e. The van der Waals surface area contributed by atoms with Gasteiger partial charge in [-0.3, -0.25) is 0 Å². The van der Waals surface area contributed by atoms with E-state index >= 15 is 0 Å². The zero-order valence-electron chi connectivity index (χ0n) is 7.86. The number of hydrogen-bond donors (Lipinski definition) is 1. The lowest BCUT2D eigenvalue weighted by Crippen LogP contribution is -2.02. The van der Waals surface area contributed by atoms with Gasteiger partial charge in [-0.15, -0.1) is 0 Å². The van der Waals surface area contributed by atoms with E-state index in [4.69, 9.17) is 10.2 Å². The highest BCUT2D eigenvalue weighted by atomic mass is 16.3. The van der Waals surface area contributed by atoms with E-state index in [1.165, 1.54) is 12.0 Å². The lowest BCUT2D eigenvalue weighted by atomic mass is 10.1. The largest absolute Gasteiger partial charge is 0.465 e. The molecule has 0 amide bonds. The van der Waals surface area contributed by atoms with Crippen LogP contribution in [0.5, 0.6) is 0 Å². The fourth-order valence-corrected chi connectivity index (χ4v) is 1.77. The second-order valence-electron chi connectivity index (χ2n) is 3.74. The van der Waals surface area contributed by atoms with E-state index in [0.717, 1.165) is 12.3 Å². The summed E-state index contributed by atoms with van der Waals surface area (Å²) in [6.07, 6.45) is 5.06. The van der Waals surface area contributed by atoms with E-state index in [1.807, 2.05) is 12.1 Å². The molecule has 70 valence electrons. The number of allylic oxidation sites excluding steroid dienone is 1. The summed E-state index contributed by atoms with van der Waals surface area (Å²) >= 11 is 0. The molecule has 0 aromatic carbocycles. The molecule has 2 nitrogen and oxygen atoms in total. The van der Waals surface area contributed by atoms with E-state index in [2.05, 4.69) is 13.0 Å². The van der Waals surface area contributed by atoms with Crippen molar-refractivity contribution in [3.63, 3.8) is 0 Å². The summed E-state index contributed by atoms with van der Waals surface area (Å²) in [7, 11) is 0. The molecule has 2 N–H and O–H groups in total. The molecule has 1 aromatic heterocycles. The molecule has 1 aromatic rings. The van der Waals surface area contributed by atoms with E-state index < -0.39 is 0 Å². The van der Waals surface area contributed by atoms with E-state index in [1.54, 1.807) is 6.26 Å². The molecule has 0 saturated heterocycles. The molecule has 13 heavy (non-hydrogen) atoms. The van der Waals surface area contributed by atoms with Crippen molar-refractivity contribution in [3.8, 4) is 0 Å². The molecule has 0 bridgehead atoms. The molecule has 0 unspecified atom stereocenters. The van der Waals surface area contributed by atoms with Crippen molar-refractivity contribution in [2.45, 2.75) is 13.3 Å². The minimum Gasteiger partial charge on any atom is -0.465 e. The Labute approximate surface area is 78.4 Å². The second kappa shape index (κ2) is 3.38. The highest BCUT2D eigenvalue weighted by Crippen LogP contribution is 2.43. The van der Waals surface area contributed by atoms with Crippen LogP contribution in [0.4, 0.5) is 0 Å². The van der Waals surface area contributed by atoms with Gasteiger partial charge in [0.05, 0.1) is 6.26 Å². The predicted octanol–water partition coefficient (Wildman–Crippen LogP) is 2.28. The number of rotatable bonds is 3. The topological polar surface area (TPSA) is 39.2 Å². The standard InChI is InChI=1S/C11H15NO/c1-8(11-6-9(11)7-12)5-10-3-2-4-13-10/h2-5,9,11H,6-7,12H2,1H3/b8-5+/t9-,11-/m0/s1. The first-order chi connectivity index (χ1) is 6.31. The minimum absolute atomic E-state index is 0.704. The van der Waals surface area contributed by atoms with Crippen LogP contribution < -0.4 is 5.73 Å². The summed E-state index contributed by atoms with van der Waals surface area (Å²) in [5, 5.41) is 0. The Morgan fingerprint density at radius 2 is 2.62 bits per heavy atom. The summed E-state index contributed by atoms with van der Waals surface area (Å²) in [4.78, 5) is 0. The van der Waals surface area contributed by atoms with Crippen LogP contribution >= 0.6 is 0 Å². The Hall–Kier alpha value is -1.02. The quantitative estimate of drug-likeness (QED) is 0.769. The molecule has 2 rings (SSSR count). The summed E-state index contributed by atoms with van der Waals surface area (Å²) in [6.45, 7) is 2.97. The van der Waals surface area contributed by atoms with Gasteiger partial charge in [-0.1, -0.05) is 5.57 Å². The molecule has 0 spiro atoms. The molecule has 0 aliphatic heterocycles. The Morgan fingerprint density at radius 3 is 3.15 bits per heavy atom. The third-order valence-corrected chi connectivity index (χ3v) is 2.72. The van der Waals surface area contributed by atoms with Gasteiger partial charge in [0, 0.05) is 0 Å². The zero-order chi connectivity index (χ0) is 9.26.